The van der Waals surface area contributed by atoms with Crippen LogP contribution in [0.3, 0.4) is 0 Å². The third-order valence-electron chi connectivity index (χ3n) is 5.95. The summed E-state index contributed by atoms with van der Waals surface area (Å²) in [6.07, 6.45) is 1.69. The fourth-order valence-electron chi connectivity index (χ4n) is 3.95. The highest BCUT2D eigenvalue weighted by molar-refractivity contribution is 6.35. The first-order chi connectivity index (χ1) is 18.2. The van der Waals surface area contributed by atoms with E-state index in [0.29, 0.717) is 27.2 Å². The largest absolute Gasteiger partial charge is 0.455 e. The van der Waals surface area contributed by atoms with Gasteiger partial charge < -0.3 is 10.1 Å². The van der Waals surface area contributed by atoms with E-state index < -0.39 is 10.8 Å². The van der Waals surface area contributed by atoms with Crippen LogP contribution in [0.4, 0.5) is 11.4 Å². The molecule has 5 rings (SSSR count). The molecule has 1 N–H and O–H groups in total. The molecule has 2 aromatic heterocycles. The minimum atomic E-state index is -0.572. The lowest BCUT2D eigenvalue weighted by Crippen LogP contribution is -2.13. The number of para-hydroxylation sites is 1. The molecule has 1 amide bonds. The Morgan fingerprint density at radius 1 is 1.08 bits per heavy atom. The summed E-state index contributed by atoms with van der Waals surface area (Å²) in [6.45, 7) is 1.91. The molecular formula is C27H19Cl2N5O4. The Kier molecular flexibility index (Phi) is 6.71. The van der Waals surface area contributed by atoms with Crippen molar-refractivity contribution >= 4 is 51.4 Å². The van der Waals surface area contributed by atoms with Gasteiger partial charge in [-0.05, 0) is 37.3 Å². The number of fused-ring (bicyclic) bond motifs is 1. The van der Waals surface area contributed by atoms with Crippen LogP contribution in [0.1, 0.15) is 16.1 Å². The summed E-state index contributed by atoms with van der Waals surface area (Å²) in [4.78, 5) is 29.3. The molecule has 0 unspecified atom stereocenters. The number of amides is 1. The molecule has 190 valence electrons. The number of aryl methyl sites for hydroxylation is 1. The predicted molar refractivity (Wildman–Crippen MR) is 146 cm³/mol. The number of ether oxygens (including phenoxy) is 1. The second kappa shape index (κ2) is 10.1. The van der Waals surface area contributed by atoms with Crippen LogP contribution in [0.25, 0.3) is 22.2 Å². The predicted octanol–water partition coefficient (Wildman–Crippen LogP) is 7.20. The van der Waals surface area contributed by atoms with Crippen molar-refractivity contribution < 1.29 is 14.5 Å². The molecule has 38 heavy (non-hydrogen) atoms. The number of carbonyl (C=O) groups excluding carboxylic acids is 1. The number of halogens is 2. The number of nitrogens with zero attached hydrogens (tertiary/aromatic N) is 4. The average Bonchev–Trinajstić information content (AvgIpc) is 3.22. The maximum atomic E-state index is 13.5. The van der Waals surface area contributed by atoms with E-state index >= 15 is 0 Å². The Hall–Kier alpha value is -4.47. The standard InChI is InChI=1S/C27H19Cl2N5O4/c1-15-22(14-30-33(15)2)25-13-21(20-5-3-4-6-24(20)32-25)27(35)31-17-10-18(34(36)37)12-19(11-17)38-26-8-7-16(28)9-23(26)29/h3-14H,1-2H3,(H,31,35). The van der Waals surface area contributed by atoms with E-state index in [1.54, 1.807) is 35.1 Å². The van der Waals surface area contributed by atoms with Crippen LogP contribution < -0.4 is 10.1 Å². The monoisotopic (exact) mass is 547 g/mol. The number of hydrogen-bond acceptors (Lipinski definition) is 6. The summed E-state index contributed by atoms with van der Waals surface area (Å²) in [5.41, 5.74) is 3.14. The number of rotatable bonds is 6. The van der Waals surface area contributed by atoms with Gasteiger partial charge in [0.2, 0.25) is 0 Å². The zero-order valence-corrected chi connectivity index (χ0v) is 21.6. The van der Waals surface area contributed by atoms with Crippen LogP contribution in [-0.2, 0) is 7.05 Å². The second-order valence-electron chi connectivity index (χ2n) is 8.44. The molecule has 0 aliphatic rings. The highest BCUT2D eigenvalue weighted by Gasteiger charge is 2.19. The topological polar surface area (TPSA) is 112 Å². The fourth-order valence-corrected chi connectivity index (χ4v) is 4.40. The highest BCUT2D eigenvalue weighted by atomic mass is 35.5. The summed E-state index contributed by atoms with van der Waals surface area (Å²) in [7, 11) is 1.83. The molecular weight excluding hydrogens is 529 g/mol. The number of hydrogen-bond donors (Lipinski definition) is 1. The summed E-state index contributed by atoms with van der Waals surface area (Å²) in [6, 6.07) is 17.5. The molecule has 3 aromatic carbocycles. The number of benzene rings is 3. The maximum absolute atomic E-state index is 13.5. The summed E-state index contributed by atoms with van der Waals surface area (Å²) in [5.74, 6) is -0.0993. The van der Waals surface area contributed by atoms with Crippen molar-refractivity contribution in [2.24, 2.45) is 7.05 Å². The number of non-ortho nitro benzene ring substituents is 1. The molecule has 9 nitrogen and oxygen atoms in total. The Labute approximate surface area is 226 Å². The van der Waals surface area contributed by atoms with Crippen LogP contribution in [-0.4, -0.2) is 25.6 Å². The van der Waals surface area contributed by atoms with Crippen LogP contribution in [0.15, 0.2) is 72.9 Å². The number of nitrogens with one attached hydrogen (secondary N) is 1. The van der Waals surface area contributed by atoms with Crippen molar-refractivity contribution in [3.8, 4) is 22.8 Å². The first-order valence-electron chi connectivity index (χ1n) is 11.3. The van der Waals surface area contributed by atoms with Gasteiger partial charge in [-0.15, -0.1) is 0 Å². The van der Waals surface area contributed by atoms with E-state index in [1.165, 1.54) is 24.3 Å². The van der Waals surface area contributed by atoms with Gasteiger partial charge in [0.25, 0.3) is 11.6 Å². The van der Waals surface area contributed by atoms with Crippen molar-refractivity contribution in [1.82, 2.24) is 14.8 Å². The Bertz CT molecular complexity index is 1730. The van der Waals surface area contributed by atoms with Gasteiger partial charge in [-0.1, -0.05) is 41.4 Å². The SMILES string of the molecule is Cc1c(-c2cc(C(=O)Nc3cc(Oc4ccc(Cl)cc4Cl)cc([N+](=O)[O-])c3)c3ccccc3n2)cnn1C. The van der Waals surface area contributed by atoms with Crippen LogP contribution >= 0.6 is 23.2 Å². The van der Waals surface area contributed by atoms with E-state index in [1.807, 2.05) is 32.2 Å². The minimum Gasteiger partial charge on any atom is -0.455 e. The lowest BCUT2D eigenvalue weighted by atomic mass is 10.0. The maximum Gasteiger partial charge on any atom is 0.275 e. The van der Waals surface area contributed by atoms with E-state index in [2.05, 4.69) is 10.4 Å². The molecule has 0 aliphatic carbocycles. The van der Waals surface area contributed by atoms with Crippen molar-refractivity contribution in [3.05, 3.63) is 104 Å². The number of anilines is 1. The summed E-state index contributed by atoms with van der Waals surface area (Å²) < 4.78 is 7.51. The van der Waals surface area contributed by atoms with Crippen molar-refractivity contribution in [2.75, 3.05) is 5.32 Å². The smallest absolute Gasteiger partial charge is 0.275 e. The van der Waals surface area contributed by atoms with E-state index in [0.717, 1.165) is 11.3 Å². The zero-order chi connectivity index (χ0) is 27.0. The molecule has 0 fully saturated rings. The first-order valence-corrected chi connectivity index (χ1v) is 12.1. The van der Waals surface area contributed by atoms with Gasteiger partial charge in [0, 0.05) is 40.8 Å². The van der Waals surface area contributed by atoms with Gasteiger partial charge in [0.15, 0.2) is 0 Å². The Balaban J connectivity index is 1.54. The third kappa shape index (κ3) is 5.02. The van der Waals surface area contributed by atoms with Gasteiger partial charge in [-0.3, -0.25) is 19.6 Å². The highest BCUT2D eigenvalue weighted by Crippen LogP contribution is 2.35. The minimum absolute atomic E-state index is 0.116. The fraction of sp³-hybridized carbons (Fsp3) is 0.0741. The van der Waals surface area contributed by atoms with Crippen LogP contribution in [0, 0.1) is 17.0 Å². The lowest BCUT2D eigenvalue weighted by Gasteiger charge is -2.12. The number of nitro benzene ring substituents is 1. The van der Waals surface area contributed by atoms with Gasteiger partial charge in [-0.25, -0.2) is 4.98 Å². The molecule has 0 radical (unpaired) electrons. The molecule has 5 aromatic rings. The number of carbonyl (C=O) groups is 1. The number of pyridine rings is 1. The van der Waals surface area contributed by atoms with E-state index in [4.69, 9.17) is 32.9 Å². The van der Waals surface area contributed by atoms with Crippen LogP contribution in [0.2, 0.25) is 10.0 Å². The quantitative estimate of drug-likeness (QED) is 0.177. The van der Waals surface area contributed by atoms with Gasteiger partial charge >= 0.3 is 0 Å². The normalized spacial score (nSPS) is 10.9. The van der Waals surface area contributed by atoms with E-state index in [-0.39, 0.29) is 27.9 Å². The van der Waals surface area contributed by atoms with Crippen LogP contribution in [0.5, 0.6) is 11.5 Å². The van der Waals surface area contributed by atoms with Gasteiger partial charge in [0.05, 0.1) is 44.7 Å². The van der Waals surface area contributed by atoms with Crippen molar-refractivity contribution in [1.29, 1.82) is 0 Å². The third-order valence-corrected chi connectivity index (χ3v) is 6.48. The van der Waals surface area contributed by atoms with Gasteiger partial charge in [0.1, 0.15) is 11.5 Å². The molecule has 0 aliphatic heterocycles. The molecule has 0 spiro atoms. The van der Waals surface area contributed by atoms with Crippen molar-refractivity contribution in [3.63, 3.8) is 0 Å². The Morgan fingerprint density at radius 3 is 2.58 bits per heavy atom. The summed E-state index contributed by atoms with van der Waals surface area (Å²) >= 11 is 12.1. The molecule has 2 heterocycles. The number of nitro groups is 1. The lowest BCUT2D eigenvalue weighted by molar-refractivity contribution is -0.384. The summed E-state index contributed by atoms with van der Waals surface area (Å²) in [5, 5.41) is 19.9. The second-order valence-corrected chi connectivity index (χ2v) is 9.29. The average molecular weight is 548 g/mol. The molecule has 0 saturated heterocycles. The first kappa shape index (κ1) is 25.2. The number of aromatic nitrogens is 3. The molecule has 0 bridgehead atoms. The molecule has 11 heteroatoms. The Morgan fingerprint density at radius 2 is 1.87 bits per heavy atom. The van der Waals surface area contributed by atoms with Crippen molar-refractivity contribution in [2.45, 2.75) is 6.92 Å². The molecule has 0 saturated carbocycles. The van der Waals surface area contributed by atoms with Gasteiger partial charge in [-0.2, -0.15) is 5.10 Å². The zero-order valence-electron chi connectivity index (χ0n) is 20.1. The molecule has 0 atom stereocenters. The van der Waals surface area contributed by atoms with E-state index in [9.17, 15) is 14.9 Å².